The lowest BCUT2D eigenvalue weighted by atomic mass is 9.95. The Labute approximate surface area is 91.3 Å². The Kier molecular flexibility index (Phi) is 3.22. The van der Waals surface area contributed by atoms with Crippen molar-refractivity contribution in [1.82, 2.24) is 9.97 Å². The van der Waals surface area contributed by atoms with Gasteiger partial charge in [-0.2, -0.15) is 0 Å². The third-order valence-electron chi connectivity index (χ3n) is 2.68. The zero-order valence-electron chi connectivity index (χ0n) is 8.39. The molecule has 7 heteroatoms. The third kappa shape index (κ3) is 1.83. The molecule has 5 N–H and O–H groups in total. The molecule has 90 valence electrons. The minimum absolute atomic E-state index is 0.344. The topological polar surface area (TPSA) is 119 Å². The van der Waals surface area contributed by atoms with Crippen LogP contribution in [0.4, 0.5) is 0 Å². The number of aromatic nitrogens is 2. The van der Waals surface area contributed by atoms with Gasteiger partial charge in [-0.15, -0.1) is 0 Å². The van der Waals surface area contributed by atoms with E-state index in [0.29, 0.717) is 5.82 Å². The van der Waals surface area contributed by atoms with Gasteiger partial charge in [0.25, 0.3) is 0 Å². The standard InChI is InChI=1S/C9H14N2O5/c12-3-4-5(13)6(14)7(15)8(16-4)9-10-1-2-11-9/h1-2,4-8,12-15H,3H2,(H,10,11)/t4-,5-,6+,7+,8?/m1/s1. The van der Waals surface area contributed by atoms with Gasteiger partial charge in [-0.1, -0.05) is 0 Å². The zero-order valence-corrected chi connectivity index (χ0v) is 8.39. The molecule has 16 heavy (non-hydrogen) atoms. The maximum Gasteiger partial charge on any atom is 0.144 e. The molecule has 2 rings (SSSR count). The molecule has 0 bridgehead atoms. The van der Waals surface area contributed by atoms with Crippen molar-refractivity contribution in [1.29, 1.82) is 0 Å². The largest absolute Gasteiger partial charge is 0.394 e. The van der Waals surface area contributed by atoms with Crippen LogP contribution in [0.25, 0.3) is 0 Å². The number of nitrogens with zero attached hydrogens (tertiary/aromatic N) is 1. The molecule has 1 aliphatic rings. The Bertz CT molecular complexity index is 329. The fourth-order valence-corrected chi connectivity index (χ4v) is 1.76. The first kappa shape index (κ1) is 11.5. The smallest absolute Gasteiger partial charge is 0.144 e. The minimum Gasteiger partial charge on any atom is -0.394 e. The highest BCUT2D eigenvalue weighted by Gasteiger charge is 2.44. The fraction of sp³-hybridized carbons (Fsp3) is 0.667. The van der Waals surface area contributed by atoms with Crippen LogP contribution >= 0.6 is 0 Å². The second kappa shape index (κ2) is 4.48. The summed E-state index contributed by atoms with van der Waals surface area (Å²) in [6.45, 7) is -0.442. The van der Waals surface area contributed by atoms with Gasteiger partial charge in [0.2, 0.25) is 0 Å². The van der Waals surface area contributed by atoms with Crippen molar-refractivity contribution < 1.29 is 25.2 Å². The number of aliphatic hydroxyl groups is 4. The van der Waals surface area contributed by atoms with Crippen LogP contribution in [0, 0.1) is 0 Å². The summed E-state index contributed by atoms with van der Waals surface area (Å²) in [5, 5.41) is 37.8. The van der Waals surface area contributed by atoms with Gasteiger partial charge in [-0.3, -0.25) is 0 Å². The molecule has 0 aromatic carbocycles. The van der Waals surface area contributed by atoms with Crippen molar-refractivity contribution in [3.8, 4) is 0 Å². The van der Waals surface area contributed by atoms with Gasteiger partial charge in [0, 0.05) is 12.4 Å². The summed E-state index contributed by atoms with van der Waals surface area (Å²) in [5.41, 5.74) is 0. The van der Waals surface area contributed by atoms with E-state index in [4.69, 9.17) is 9.84 Å². The summed E-state index contributed by atoms with van der Waals surface area (Å²) in [5.74, 6) is 0.344. The molecular formula is C9H14N2O5. The predicted octanol–water partition coefficient (Wildman–Crippen LogP) is -2.08. The average molecular weight is 230 g/mol. The number of H-pyrrole nitrogens is 1. The van der Waals surface area contributed by atoms with E-state index in [1.165, 1.54) is 6.20 Å². The van der Waals surface area contributed by atoms with Crippen LogP contribution in [0.2, 0.25) is 0 Å². The van der Waals surface area contributed by atoms with E-state index in [0.717, 1.165) is 0 Å². The molecule has 1 aromatic heterocycles. The fourth-order valence-electron chi connectivity index (χ4n) is 1.76. The molecular weight excluding hydrogens is 216 g/mol. The normalized spacial score (nSPS) is 39.9. The minimum atomic E-state index is -1.37. The monoisotopic (exact) mass is 230 g/mol. The summed E-state index contributed by atoms with van der Waals surface area (Å²) in [6, 6.07) is 0. The number of hydrogen-bond donors (Lipinski definition) is 5. The molecule has 2 heterocycles. The molecule has 0 aliphatic carbocycles. The van der Waals surface area contributed by atoms with E-state index in [1.807, 2.05) is 0 Å². The summed E-state index contributed by atoms with van der Waals surface area (Å²) >= 11 is 0. The van der Waals surface area contributed by atoms with E-state index in [2.05, 4.69) is 9.97 Å². The maximum absolute atomic E-state index is 9.72. The Morgan fingerprint density at radius 1 is 1.25 bits per heavy atom. The molecule has 1 fully saturated rings. The number of imidazole rings is 1. The maximum atomic E-state index is 9.72. The molecule has 7 nitrogen and oxygen atoms in total. The number of ether oxygens (including phenoxy) is 1. The number of nitrogens with one attached hydrogen (secondary N) is 1. The van der Waals surface area contributed by atoms with Crippen molar-refractivity contribution >= 4 is 0 Å². The molecule has 0 radical (unpaired) electrons. The van der Waals surface area contributed by atoms with Crippen LogP contribution in [0.1, 0.15) is 11.9 Å². The summed E-state index contributed by atoms with van der Waals surface area (Å²) in [7, 11) is 0. The molecule has 1 saturated heterocycles. The molecule has 1 unspecified atom stereocenters. The summed E-state index contributed by atoms with van der Waals surface area (Å²) in [6.07, 6.45) is -2.76. The van der Waals surface area contributed by atoms with Gasteiger partial charge in [0.15, 0.2) is 0 Å². The lowest BCUT2D eigenvalue weighted by molar-refractivity contribution is -0.233. The van der Waals surface area contributed by atoms with Crippen molar-refractivity contribution in [2.24, 2.45) is 0 Å². The number of rotatable bonds is 2. The quantitative estimate of drug-likeness (QED) is 0.398. The molecule has 0 spiro atoms. The number of hydrogen-bond acceptors (Lipinski definition) is 6. The Morgan fingerprint density at radius 3 is 2.56 bits per heavy atom. The van der Waals surface area contributed by atoms with Crippen LogP contribution < -0.4 is 0 Å². The van der Waals surface area contributed by atoms with Crippen LogP contribution in [-0.2, 0) is 4.74 Å². The molecule has 0 saturated carbocycles. The van der Waals surface area contributed by atoms with Crippen molar-refractivity contribution in [3.63, 3.8) is 0 Å². The van der Waals surface area contributed by atoms with Crippen molar-refractivity contribution in [3.05, 3.63) is 18.2 Å². The van der Waals surface area contributed by atoms with Gasteiger partial charge >= 0.3 is 0 Å². The van der Waals surface area contributed by atoms with Crippen LogP contribution in [-0.4, -0.2) is 61.4 Å². The number of aromatic amines is 1. The highest BCUT2D eigenvalue weighted by Crippen LogP contribution is 2.30. The molecule has 1 aromatic rings. The third-order valence-corrected chi connectivity index (χ3v) is 2.68. The first-order chi connectivity index (χ1) is 7.65. The van der Waals surface area contributed by atoms with E-state index in [9.17, 15) is 15.3 Å². The Hall–Kier alpha value is -0.990. The second-order valence-corrected chi connectivity index (χ2v) is 3.72. The Balaban J connectivity index is 2.20. The second-order valence-electron chi connectivity index (χ2n) is 3.72. The van der Waals surface area contributed by atoms with Gasteiger partial charge in [-0.25, -0.2) is 4.98 Å². The summed E-state index contributed by atoms with van der Waals surface area (Å²) < 4.78 is 5.27. The van der Waals surface area contributed by atoms with Crippen molar-refractivity contribution in [2.45, 2.75) is 30.5 Å². The van der Waals surface area contributed by atoms with E-state index < -0.39 is 37.1 Å². The molecule has 1 aliphatic heterocycles. The molecule has 5 atom stereocenters. The molecule has 0 amide bonds. The van der Waals surface area contributed by atoms with Crippen LogP contribution in [0.3, 0.4) is 0 Å². The van der Waals surface area contributed by atoms with Gasteiger partial charge in [0.05, 0.1) is 6.61 Å². The SMILES string of the molecule is OC[C@H]1OC(c2ncc[nH]2)[C@@H](O)[C@@H](O)[C@@H]1O. The predicted molar refractivity (Wildman–Crippen MR) is 51.3 cm³/mol. The van der Waals surface area contributed by atoms with Gasteiger partial charge in [-0.05, 0) is 0 Å². The lowest BCUT2D eigenvalue weighted by Gasteiger charge is -2.39. The van der Waals surface area contributed by atoms with E-state index in [1.54, 1.807) is 6.20 Å². The lowest BCUT2D eigenvalue weighted by Crippen LogP contribution is -2.55. The van der Waals surface area contributed by atoms with Crippen LogP contribution in [0.15, 0.2) is 12.4 Å². The van der Waals surface area contributed by atoms with Crippen LogP contribution in [0.5, 0.6) is 0 Å². The first-order valence-electron chi connectivity index (χ1n) is 4.95. The average Bonchev–Trinajstić information content (AvgIpc) is 2.80. The summed E-state index contributed by atoms with van der Waals surface area (Å²) in [4.78, 5) is 6.65. The van der Waals surface area contributed by atoms with Gasteiger partial charge in [0.1, 0.15) is 36.3 Å². The first-order valence-corrected chi connectivity index (χ1v) is 4.95. The highest BCUT2D eigenvalue weighted by molar-refractivity contribution is 5.02. The van der Waals surface area contributed by atoms with Gasteiger partial charge < -0.3 is 30.1 Å². The zero-order chi connectivity index (χ0) is 11.7. The highest BCUT2D eigenvalue weighted by atomic mass is 16.5. The number of aliphatic hydroxyl groups excluding tert-OH is 4. The van der Waals surface area contributed by atoms with E-state index in [-0.39, 0.29) is 0 Å². The Morgan fingerprint density at radius 2 is 2.00 bits per heavy atom. The van der Waals surface area contributed by atoms with Crippen molar-refractivity contribution in [2.75, 3.05) is 6.61 Å². The van der Waals surface area contributed by atoms with E-state index >= 15 is 0 Å².